The zero-order valence-electron chi connectivity index (χ0n) is 16.7. The first-order valence-electron chi connectivity index (χ1n) is 9.51. The normalized spacial score (nSPS) is 15.8. The van der Waals surface area contributed by atoms with Gasteiger partial charge >= 0.3 is 6.18 Å². The lowest BCUT2D eigenvalue weighted by molar-refractivity contribution is -0.137. The summed E-state index contributed by atoms with van der Waals surface area (Å²) in [5.74, 6) is -0.264. The smallest absolute Gasteiger partial charge is 0.340 e. The van der Waals surface area contributed by atoms with E-state index in [4.69, 9.17) is 10.5 Å². The second kappa shape index (κ2) is 10.6. The van der Waals surface area contributed by atoms with Gasteiger partial charge in [-0.2, -0.15) is 28.0 Å². The van der Waals surface area contributed by atoms with Gasteiger partial charge in [-0.3, -0.25) is 9.69 Å². The molecule has 1 fully saturated rings. The standard InChI is InChI=1S/C19H22F3N5O3S/c20-19(21,22)16-4-1-5-17(14-16)31(29,30)27-12-10-25(11-13-27)15-18(28)26(8-2-6-23)9-3-7-24/h1,4-5,14H,2-3,8-13,15H2. The molecule has 1 amide bonds. The van der Waals surface area contributed by atoms with E-state index in [-0.39, 0.29) is 64.6 Å². The SMILES string of the molecule is N#CCCN(CCC#N)C(=O)CN1CCN(S(=O)(=O)c2cccc(C(F)(F)F)c2)CC1. The highest BCUT2D eigenvalue weighted by Gasteiger charge is 2.34. The molecule has 0 atom stereocenters. The van der Waals surface area contributed by atoms with Crippen molar-refractivity contribution in [2.75, 3.05) is 45.8 Å². The molecule has 0 aliphatic carbocycles. The molecule has 1 saturated heterocycles. The fourth-order valence-electron chi connectivity index (χ4n) is 3.13. The molecule has 0 saturated carbocycles. The van der Waals surface area contributed by atoms with Gasteiger partial charge in [0.25, 0.3) is 0 Å². The predicted molar refractivity (Wildman–Crippen MR) is 104 cm³/mol. The molecule has 31 heavy (non-hydrogen) atoms. The van der Waals surface area contributed by atoms with Gasteiger partial charge in [0.1, 0.15) is 0 Å². The number of nitriles is 2. The maximum atomic E-state index is 12.9. The average molecular weight is 457 g/mol. The lowest BCUT2D eigenvalue weighted by Crippen LogP contribution is -2.51. The second-order valence-electron chi connectivity index (χ2n) is 6.90. The Hall–Kier alpha value is -2.67. The Morgan fingerprint density at radius 3 is 2.16 bits per heavy atom. The highest BCUT2D eigenvalue weighted by molar-refractivity contribution is 7.89. The van der Waals surface area contributed by atoms with Crippen LogP contribution in [0.1, 0.15) is 18.4 Å². The Morgan fingerprint density at radius 2 is 1.65 bits per heavy atom. The number of piperazine rings is 1. The largest absolute Gasteiger partial charge is 0.416 e. The number of halogens is 3. The van der Waals surface area contributed by atoms with Gasteiger partial charge in [0.05, 0.1) is 42.0 Å². The molecule has 0 aromatic heterocycles. The first-order chi connectivity index (χ1) is 14.6. The van der Waals surface area contributed by atoms with Gasteiger partial charge in [-0.05, 0) is 18.2 Å². The van der Waals surface area contributed by atoms with Crippen LogP contribution in [-0.4, -0.2) is 74.2 Å². The molecule has 0 bridgehead atoms. The maximum Gasteiger partial charge on any atom is 0.416 e. The van der Waals surface area contributed by atoms with E-state index in [1.165, 1.54) is 4.90 Å². The van der Waals surface area contributed by atoms with Gasteiger partial charge in [0.2, 0.25) is 15.9 Å². The van der Waals surface area contributed by atoms with E-state index < -0.39 is 26.7 Å². The fraction of sp³-hybridized carbons (Fsp3) is 0.526. The van der Waals surface area contributed by atoms with Gasteiger partial charge in [-0.1, -0.05) is 6.07 Å². The summed E-state index contributed by atoms with van der Waals surface area (Å²) in [6, 6.07) is 7.52. The van der Waals surface area contributed by atoms with Crippen molar-refractivity contribution < 1.29 is 26.4 Å². The molecule has 0 unspecified atom stereocenters. The summed E-state index contributed by atoms with van der Waals surface area (Å²) in [6.07, 6.45) is -4.37. The molecule has 0 radical (unpaired) electrons. The van der Waals surface area contributed by atoms with Crippen LogP contribution in [0.4, 0.5) is 13.2 Å². The van der Waals surface area contributed by atoms with Crippen LogP contribution in [0.15, 0.2) is 29.2 Å². The third kappa shape index (κ3) is 6.66. The van der Waals surface area contributed by atoms with Crippen molar-refractivity contribution in [2.24, 2.45) is 0 Å². The van der Waals surface area contributed by atoms with E-state index in [9.17, 15) is 26.4 Å². The summed E-state index contributed by atoms with van der Waals surface area (Å²) >= 11 is 0. The average Bonchev–Trinajstić information content (AvgIpc) is 2.73. The molecule has 8 nitrogen and oxygen atoms in total. The third-order valence-corrected chi connectivity index (χ3v) is 6.72. The van der Waals surface area contributed by atoms with Gasteiger partial charge in [0, 0.05) is 39.3 Å². The fourth-order valence-corrected chi connectivity index (χ4v) is 4.60. The highest BCUT2D eigenvalue weighted by atomic mass is 32.2. The van der Waals surface area contributed by atoms with Crippen LogP contribution in [-0.2, 0) is 21.0 Å². The quantitative estimate of drug-likeness (QED) is 0.588. The van der Waals surface area contributed by atoms with Crippen molar-refractivity contribution in [3.05, 3.63) is 29.8 Å². The number of alkyl halides is 3. The summed E-state index contributed by atoms with van der Waals surface area (Å²) in [5.41, 5.74) is -1.03. The zero-order valence-corrected chi connectivity index (χ0v) is 17.5. The lowest BCUT2D eigenvalue weighted by atomic mass is 10.2. The minimum Gasteiger partial charge on any atom is -0.340 e. The summed E-state index contributed by atoms with van der Waals surface area (Å²) in [5, 5.41) is 17.4. The molecule has 1 heterocycles. The summed E-state index contributed by atoms with van der Waals surface area (Å²) in [7, 11) is -4.10. The Morgan fingerprint density at radius 1 is 1.06 bits per heavy atom. The van der Waals surface area contributed by atoms with E-state index in [0.29, 0.717) is 6.07 Å². The van der Waals surface area contributed by atoms with Gasteiger partial charge in [-0.15, -0.1) is 0 Å². The Kier molecular flexibility index (Phi) is 8.39. The van der Waals surface area contributed by atoms with Crippen molar-refractivity contribution in [3.8, 4) is 12.1 Å². The Balaban J connectivity index is 1.99. The van der Waals surface area contributed by atoms with Crippen LogP contribution in [0.5, 0.6) is 0 Å². The number of benzene rings is 1. The van der Waals surface area contributed by atoms with Crippen molar-refractivity contribution in [2.45, 2.75) is 23.9 Å². The second-order valence-corrected chi connectivity index (χ2v) is 8.84. The molecule has 12 heteroatoms. The van der Waals surface area contributed by atoms with Gasteiger partial charge in [-0.25, -0.2) is 8.42 Å². The number of carbonyl (C=O) groups excluding carboxylic acids is 1. The summed E-state index contributed by atoms with van der Waals surface area (Å²) < 4.78 is 65.3. The number of nitrogens with zero attached hydrogens (tertiary/aromatic N) is 5. The number of amides is 1. The molecule has 168 valence electrons. The number of sulfonamides is 1. The van der Waals surface area contributed by atoms with E-state index in [0.717, 1.165) is 22.5 Å². The van der Waals surface area contributed by atoms with Crippen molar-refractivity contribution >= 4 is 15.9 Å². The third-order valence-electron chi connectivity index (χ3n) is 4.83. The van der Waals surface area contributed by atoms with Crippen molar-refractivity contribution in [1.29, 1.82) is 10.5 Å². The lowest BCUT2D eigenvalue weighted by Gasteiger charge is -2.34. The predicted octanol–water partition coefficient (Wildman–Crippen LogP) is 1.67. The number of rotatable bonds is 8. The molecule has 1 aromatic rings. The minimum absolute atomic E-state index is 0.00824. The minimum atomic E-state index is -4.65. The topological polar surface area (TPSA) is 109 Å². The van der Waals surface area contributed by atoms with Crippen LogP contribution in [0, 0.1) is 22.7 Å². The number of carbonyl (C=O) groups is 1. The summed E-state index contributed by atoms with van der Waals surface area (Å²) in [6.45, 7) is 0.948. The molecule has 0 spiro atoms. The van der Waals surface area contributed by atoms with Crippen molar-refractivity contribution in [1.82, 2.24) is 14.1 Å². The van der Waals surface area contributed by atoms with E-state index in [2.05, 4.69) is 0 Å². The van der Waals surface area contributed by atoms with Crippen LogP contribution < -0.4 is 0 Å². The van der Waals surface area contributed by atoms with Crippen LogP contribution >= 0.6 is 0 Å². The molecule has 2 rings (SSSR count). The van der Waals surface area contributed by atoms with Gasteiger partial charge < -0.3 is 4.90 Å². The van der Waals surface area contributed by atoms with Crippen LogP contribution in [0.3, 0.4) is 0 Å². The van der Waals surface area contributed by atoms with Gasteiger partial charge in [0.15, 0.2) is 0 Å². The van der Waals surface area contributed by atoms with E-state index in [1.807, 2.05) is 12.1 Å². The Bertz CT molecular complexity index is 943. The monoisotopic (exact) mass is 457 g/mol. The number of hydrogen-bond donors (Lipinski definition) is 0. The molecular formula is C19H22F3N5O3S. The van der Waals surface area contributed by atoms with Crippen LogP contribution in [0.2, 0.25) is 0 Å². The molecule has 1 aliphatic heterocycles. The molecule has 1 aliphatic rings. The highest BCUT2D eigenvalue weighted by Crippen LogP contribution is 2.31. The van der Waals surface area contributed by atoms with E-state index in [1.54, 1.807) is 4.90 Å². The van der Waals surface area contributed by atoms with Crippen molar-refractivity contribution in [3.63, 3.8) is 0 Å². The Labute approximate surface area is 179 Å². The number of hydrogen-bond acceptors (Lipinski definition) is 6. The maximum absolute atomic E-state index is 12.9. The first kappa shape index (κ1) is 24.6. The summed E-state index contributed by atoms with van der Waals surface area (Å²) in [4.78, 5) is 15.2. The van der Waals surface area contributed by atoms with Crippen LogP contribution in [0.25, 0.3) is 0 Å². The van der Waals surface area contributed by atoms with E-state index >= 15 is 0 Å². The molecule has 1 aromatic carbocycles. The molecular weight excluding hydrogens is 435 g/mol. The first-order valence-corrected chi connectivity index (χ1v) is 10.9. The zero-order chi connectivity index (χ0) is 23.1. The molecule has 0 N–H and O–H groups in total.